The van der Waals surface area contributed by atoms with Gasteiger partial charge in [-0.2, -0.15) is 0 Å². The van der Waals surface area contributed by atoms with Gasteiger partial charge in [0.1, 0.15) is 5.82 Å². The predicted molar refractivity (Wildman–Crippen MR) is 67.4 cm³/mol. The zero-order valence-electron chi connectivity index (χ0n) is 10.3. The van der Waals surface area contributed by atoms with Gasteiger partial charge in [-0.25, -0.2) is 9.78 Å². The van der Waals surface area contributed by atoms with E-state index < -0.39 is 5.97 Å². The lowest BCUT2D eigenvalue weighted by Gasteiger charge is -2.21. The molecule has 1 heterocycles. The first kappa shape index (κ1) is 13.2. The molecule has 1 aromatic heterocycles. The number of carboxylic acids is 1. The molecule has 0 aliphatic carbocycles. The fourth-order valence-electron chi connectivity index (χ4n) is 1.31. The van der Waals surface area contributed by atoms with Crippen LogP contribution in [0.25, 0.3) is 0 Å². The summed E-state index contributed by atoms with van der Waals surface area (Å²) >= 11 is 0. The van der Waals surface area contributed by atoms with Crippen LogP contribution in [-0.4, -0.2) is 55.2 Å². The minimum atomic E-state index is -1.04. The van der Waals surface area contributed by atoms with Gasteiger partial charge in [0.15, 0.2) is 0 Å². The number of nitrogens with zero attached hydrogens (tertiary/aromatic N) is 3. The van der Waals surface area contributed by atoms with Crippen LogP contribution < -0.4 is 10.6 Å². The van der Waals surface area contributed by atoms with E-state index in [1.807, 2.05) is 30.9 Å². The molecule has 1 rings (SSSR count). The summed E-state index contributed by atoms with van der Waals surface area (Å²) in [6.45, 7) is 1.63. The molecule has 0 aliphatic heterocycles. The van der Waals surface area contributed by atoms with Crippen molar-refractivity contribution >= 4 is 17.5 Å². The Balaban J connectivity index is 2.84. The summed E-state index contributed by atoms with van der Waals surface area (Å²) in [5, 5.41) is 8.96. The number of nitrogen functional groups attached to an aromatic ring is 1. The topological polar surface area (TPSA) is 82.7 Å². The maximum Gasteiger partial charge on any atom is 0.337 e. The molecule has 0 saturated carbocycles. The number of likely N-dealkylation sites (N-methyl/N-ethyl adjacent to an activating group) is 2. The fraction of sp³-hybridized carbons (Fsp3) is 0.455. The molecule has 0 atom stereocenters. The Morgan fingerprint density at radius 3 is 2.59 bits per heavy atom. The highest BCUT2D eigenvalue weighted by molar-refractivity contribution is 5.94. The summed E-state index contributed by atoms with van der Waals surface area (Å²) in [6.07, 6.45) is 1.38. The number of anilines is 2. The monoisotopic (exact) mass is 238 g/mol. The van der Waals surface area contributed by atoms with Crippen LogP contribution in [0.1, 0.15) is 10.4 Å². The Bertz CT molecular complexity index is 406. The summed E-state index contributed by atoms with van der Waals surface area (Å²) < 4.78 is 0. The molecule has 94 valence electrons. The molecule has 0 radical (unpaired) electrons. The van der Waals surface area contributed by atoms with Gasteiger partial charge in [0.25, 0.3) is 0 Å². The maximum atomic E-state index is 10.9. The van der Waals surface area contributed by atoms with Gasteiger partial charge in [0, 0.05) is 20.1 Å². The molecule has 0 bridgehead atoms. The average molecular weight is 238 g/mol. The van der Waals surface area contributed by atoms with E-state index in [2.05, 4.69) is 4.98 Å². The number of carbonyl (C=O) groups is 1. The van der Waals surface area contributed by atoms with Gasteiger partial charge in [0.05, 0.1) is 17.4 Å². The molecule has 3 N–H and O–H groups in total. The lowest BCUT2D eigenvalue weighted by molar-refractivity contribution is 0.0698. The highest BCUT2D eigenvalue weighted by Gasteiger charge is 2.11. The van der Waals surface area contributed by atoms with E-state index in [4.69, 9.17) is 10.8 Å². The van der Waals surface area contributed by atoms with Gasteiger partial charge >= 0.3 is 5.97 Å². The van der Waals surface area contributed by atoms with Crippen molar-refractivity contribution < 1.29 is 9.90 Å². The highest BCUT2D eigenvalue weighted by Crippen LogP contribution is 2.17. The van der Waals surface area contributed by atoms with Crippen LogP contribution in [-0.2, 0) is 0 Å². The quantitative estimate of drug-likeness (QED) is 0.770. The summed E-state index contributed by atoms with van der Waals surface area (Å²) in [4.78, 5) is 19.0. The molecule has 0 aromatic carbocycles. The number of aromatic nitrogens is 1. The van der Waals surface area contributed by atoms with E-state index in [0.717, 1.165) is 13.1 Å². The van der Waals surface area contributed by atoms with E-state index in [0.29, 0.717) is 5.82 Å². The van der Waals surface area contributed by atoms with Gasteiger partial charge in [-0.05, 0) is 20.2 Å². The Kier molecular flexibility index (Phi) is 4.28. The average Bonchev–Trinajstić information content (AvgIpc) is 2.26. The van der Waals surface area contributed by atoms with Crippen molar-refractivity contribution in [3.63, 3.8) is 0 Å². The smallest absolute Gasteiger partial charge is 0.337 e. The van der Waals surface area contributed by atoms with E-state index in [9.17, 15) is 4.79 Å². The molecule has 0 fully saturated rings. The molecular formula is C11H18N4O2. The third kappa shape index (κ3) is 3.60. The van der Waals surface area contributed by atoms with Crippen molar-refractivity contribution in [3.05, 3.63) is 17.8 Å². The lowest BCUT2D eigenvalue weighted by Crippen LogP contribution is -2.29. The Morgan fingerprint density at radius 1 is 1.41 bits per heavy atom. The second-order valence-electron chi connectivity index (χ2n) is 4.16. The van der Waals surface area contributed by atoms with Crippen molar-refractivity contribution in [2.24, 2.45) is 0 Å². The number of hydrogen-bond acceptors (Lipinski definition) is 5. The predicted octanol–water partition coefficient (Wildman–Crippen LogP) is 0.360. The van der Waals surface area contributed by atoms with Gasteiger partial charge in [-0.15, -0.1) is 0 Å². The zero-order valence-corrected chi connectivity index (χ0v) is 10.3. The minimum absolute atomic E-state index is 0.0895. The number of hydrogen-bond donors (Lipinski definition) is 2. The van der Waals surface area contributed by atoms with Gasteiger partial charge in [0.2, 0.25) is 0 Å². The third-order valence-electron chi connectivity index (χ3n) is 2.42. The van der Waals surface area contributed by atoms with Crippen molar-refractivity contribution in [3.8, 4) is 0 Å². The van der Waals surface area contributed by atoms with Crippen LogP contribution in [0, 0.1) is 0 Å². The summed E-state index contributed by atoms with van der Waals surface area (Å²) in [7, 11) is 5.83. The molecule has 0 amide bonds. The summed E-state index contributed by atoms with van der Waals surface area (Å²) in [5.74, 6) is -0.425. The van der Waals surface area contributed by atoms with E-state index in [-0.39, 0.29) is 11.3 Å². The first-order chi connectivity index (χ1) is 7.91. The second kappa shape index (κ2) is 5.49. The molecule has 1 aromatic rings. The zero-order chi connectivity index (χ0) is 13.0. The van der Waals surface area contributed by atoms with Crippen LogP contribution in [0.2, 0.25) is 0 Å². The minimum Gasteiger partial charge on any atom is -0.478 e. The molecule has 0 saturated heterocycles. The number of nitrogens with two attached hydrogens (primary N) is 1. The van der Waals surface area contributed by atoms with Crippen molar-refractivity contribution in [2.45, 2.75) is 0 Å². The number of aromatic carboxylic acids is 1. The SMILES string of the molecule is CN(C)CCN(C)c1cc(C(=O)O)c(N)cn1. The van der Waals surface area contributed by atoms with Crippen LogP contribution in [0.3, 0.4) is 0 Å². The fourth-order valence-corrected chi connectivity index (χ4v) is 1.31. The van der Waals surface area contributed by atoms with Crippen LogP contribution in [0.5, 0.6) is 0 Å². The van der Waals surface area contributed by atoms with E-state index >= 15 is 0 Å². The Morgan fingerprint density at radius 2 is 2.06 bits per heavy atom. The van der Waals surface area contributed by atoms with Gasteiger partial charge in [-0.1, -0.05) is 0 Å². The number of carboxylic acid groups (broad SMARTS) is 1. The summed E-state index contributed by atoms with van der Waals surface area (Å²) in [5.41, 5.74) is 5.81. The van der Waals surface area contributed by atoms with Crippen molar-refractivity contribution in [1.82, 2.24) is 9.88 Å². The Hall–Kier alpha value is -1.82. The second-order valence-corrected chi connectivity index (χ2v) is 4.16. The van der Waals surface area contributed by atoms with Crippen LogP contribution >= 0.6 is 0 Å². The summed E-state index contributed by atoms with van der Waals surface area (Å²) in [6, 6.07) is 1.49. The molecule has 6 heteroatoms. The van der Waals surface area contributed by atoms with E-state index in [1.165, 1.54) is 12.3 Å². The molecule has 17 heavy (non-hydrogen) atoms. The highest BCUT2D eigenvalue weighted by atomic mass is 16.4. The standard InChI is InChI=1S/C11H18N4O2/c1-14(2)4-5-15(3)10-6-8(11(16)17)9(12)7-13-10/h6-7H,4-5,12H2,1-3H3,(H,16,17). The van der Waals surface area contributed by atoms with E-state index in [1.54, 1.807) is 0 Å². The third-order valence-corrected chi connectivity index (χ3v) is 2.42. The number of rotatable bonds is 5. The molecule has 0 unspecified atom stereocenters. The lowest BCUT2D eigenvalue weighted by atomic mass is 10.2. The van der Waals surface area contributed by atoms with Crippen LogP contribution in [0.4, 0.5) is 11.5 Å². The normalized spacial score (nSPS) is 10.6. The van der Waals surface area contributed by atoms with Gasteiger partial charge < -0.3 is 20.6 Å². The van der Waals surface area contributed by atoms with Crippen molar-refractivity contribution in [1.29, 1.82) is 0 Å². The first-order valence-electron chi connectivity index (χ1n) is 5.26. The molecular weight excluding hydrogens is 220 g/mol. The van der Waals surface area contributed by atoms with Crippen LogP contribution in [0.15, 0.2) is 12.3 Å². The molecule has 6 nitrogen and oxygen atoms in total. The van der Waals surface area contributed by atoms with Crippen molar-refractivity contribution in [2.75, 3.05) is 44.9 Å². The Labute approximate surface area is 101 Å². The largest absolute Gasteiger partial charge is 0.478 e. The molecule has 0 spiro atoms. The number of pyridine rings is 1. The van der Waals surface area contributed by atoms with Gasteiger partial charge in [-0.3, -0.25) is 0 Å². The molecule has 0 aliphatic rings. The first-order valence-corrected chi connectivity index (χ1v) is 5.26. The maximum absolute atomic E-state index is 10.9.